The molecule has 1 amide bonds. The third-order valence-corrected chi connectivity index (χ3v) is 5.12. The first-order valence-corrected chi connectivity index (χ1v) is 9.12. The lowest BCUT2D eigenvalue weighted by Gasteiger charge is -2.13. The van der Waals surface area contributed by atoms with Gasteiger partial charge in [-0.2, -0.15) is 4.98 Å². The Balaban J connectivity index is 1.30. The molecule has 0 spiro atoms. The summed E-state index contributed by atoms with van der Waals surface area (Å²) in [6.07, 6.45) is 4.12. The number of hydrogen-bond acceptors (Lipinski definition) is 5. The molecule has 4 rings (SSSR count). The molecule has 0 unspecified atom stereocenters. The van der Waals surface area contributed by atoms with Crippen LogP contribution in [0.3, 0.4) is 0 Å². The molecular weight excluding hydrogens is 316 g/mol. The molecule has 0 bridgehead atoms. The molecule has 1 aromatic carbocycles. The van der Waals surface area contributed by atoms with Crippen molar-refractivity contribution in [1.82, 2.24) is 20.8 Å². The normalized spacial score (nSPS) is 22.9. The Hall–Kier alpha value is -2.21. The number of nitrogens with zero attached hydrogens (tertiary/aromatic N) is 2. The lowest BCUT2D eigenvalue weighted by molar-refractivity contribution is -0.120. The fourth-order valence-electron chi connectivity index (χ4n) is 3.54. The zero-order valence-corrected chi connectivity index (χ0v) is 14.3. The number of hydrogen-bond donors (Lipinski definition) is 2. The molecule has 1 aliphatic heterocycles. The molecule has 2 heterocycles. The van der Waals surface area contributed by atoms with Gasteiger partial charge in [0.25, 0.3) is 0 Å². The average Bonchev–Trinajstić information content (AvgIpc) is 3.13. The Kier molecular flexibility index (Phi) is 4.78. The minimum absolute atomic E-state index is 0.0877. The predicted molar refractivity (Wildman–Crippen MR) is 92.7 cm³/mol. The van der Waals surface area contributed by atoms with Gasteiger partial charge in [-0.15, -0.1) is 0 Å². The van der Waals surface area contributed by atoms with Gasteiger partial charge in [-0.1, -0.05) is 48.3 Å². The lowest BCUT2D eigenvalue weighted by Crippen LogP contribution is -2.25. The summed E-state index contributed by atoms with van der Waals surface area (Å²) in [6.45, 7) is 2.43. The highest BCUT2D eigenvalue weighted by molar-refractivity contribution is 5.77. The average molecular weight is 340 g/mol. The second-order valence-corrected chi connectivity index (χ2v) is 7.19. The van der Waals surface area contributed by atoms with Gasteiger partial charge in [0.15, 0.2) is 5.82 Å². The van der Waals surface area contributed by atoms with E-state index >= 15 is 0 Å². The van der Waals surface area contributed by atoms with Crippen LogP contribution in [0.2, 0.25) is 0 Å². The second-order valence-electron chi connectivity index (χ2n) is 7.19. The zero-order valence-electron chi connectivity index (χ0n) is 14.3. The summed E-state index contributed by atoms with van der Waals surface area (Å²) >= 11 is 0. The maximum atomic E-state index is 12.1. The van der Waals surface area contributed by atoms with Crippen LogP contribution in [-0.2, 0) is 17.8 Å². The summed E-state index contributed by atoms with van der Waals surface area (Å²) in [4.78, 5) is 16.6. The molecule has 25 heavy (non-hydrogen) atoms. The summed E-state index contributed by atoms with van der Waals surface area (Å²) in [6, 6.07) is 9.85. The Morgan fingerprint density at radius 3 is 2.88 bits per heavy atom. The van der Waals surface area contributed by atoms with E-state index in [1.807, 2.05) is 30.3 Å². The fraction of sp³-hybridized carbons (Fsp3) is 0.526. The van der Waals surface area contributed by atoms with Crippen molar-refractivity contribution < 1.29 is 9.32 Å². The number of benzene rings is 1. The summed E-state index contributed by atoms with van der Waals surface area (Å²) in [5, 5.41) is 10.3. The predicted octanol–water partition coefficient (Wildman–Crippen LogP) is 2.03. The first kappa shape index (κ1) is 16.3. The van der Waals surface area contributed by atoms with Crippen LogP contribution in [-0.4, -0.2) is 29.1 Å². The largest absolute Gasteiger partial charge is 0.352 e. The van der Waals surface area contributed by atoms with Crippen LogP contribution in [0.15, 0.2) is 34.9 Å². The van der Waals surface area contributed by atoms with Gasteiger partial charge >= 0.3 is 0 Å². The zero-order chi connectivity index (χ0) is 17.1. The topological polar surface area (TPSA) is 80.1 Å². The van der Waals surface area contributed by atoms with Crippen LogP contribution in [0.25, 0.3) is 0 Å². The van der Waals surface area contributed by atoms with Crippen molar-refractivity contribution in [2.75, 3.05) is 13.1 Å². The van der Waals surface area contributed by atoms with E-state index in [1.54, 1.807) is 0 Å². The summed E-state index contributed by atoms with van der Waals surface area (Å²) in [5.41, 5.74) is 1.07. The third-order valence-electron chi connectivity index (χ3n) is 5.12. The summed E-state index contributed by atoms with van der Waals surface area (Å²) < 4.78 is 5.46. The smallest absolute Gasteiger partial charge is 0.231 e. The number of rotatable bonds is 7. The second kappa shape index (κ2) is 7.35. The molecular formula is C19H24N4O2. The SMILES string of the molecule is O=C(Cc1noc([C@@H]2CNC[C@H]2CC2CC2)n1)NCc1ccccc1. The van der Waals surface area contributed by atoms with Gasteiger partial charge in [0.2, 0.25) is 11.8 Å². The van der Waals surface area contributed by atoms with Crippen LogP contribution >= 0.6 is 0 Å². The maximum Gasteiger partial charge on any atom is 0.231 e. The molecule has 2 aliphatic rings. The molecule has 2 fully saturated rings. The van der Waals surface area contributed by atoms with E-state index in [1.165, 1.54) is 19.3 Å². The van der Waals surface area contributed by atoms with Crippen molar-refractivity contribution in [3.63, 3.8) is 0 Å². The third kappa shape index (κ3) is 4.25. The number of carbonyl (C=O) groups excluding carboxylic acids is 1. The van der Waals surface area contributed by atoms with E-state index in [2.05, 4.69) is 20.8 Å². The fourth-order valence-corrected chi connectivity index (χ4v) is 3.54. The van der Waals surface area contributed by atoms with E-state index < -0.39 is 0 Å². The first-order valence-electron chi connectivity index (χ1n) is 9.12. The Morgan fingerprint density at radius 2 is 2.08 bits per heavy atom. The summed E-state index contributed by atoms with van der Waals surface area (Å²) in [5.74, 6) is 2.81. The highest BCUT2D eigenvalue weighted by Crippen LogP contribution is 2.40. The van der Waals surface area contributed by atoms with Crippen molar-refractivity contribution in [2.45, 2.75) is 38.1 Å². The van der Waals surface area contributed by atoms with Gasteiger partial charge in [-0.25, -0.2) is 0 Å². The van der Waals surface area contributed by atoms with Crippen molar-refractivity contribution in [1.29, 1.82) is 0 Å². The standard InChI is InChI=1S/C19H24N4O2/c24-18(21-10-14-4-2-1-3-5-14)9-17-22-19(25-23-17)16-12-20-11-15(16)8-13-6-7-13/h1-5,13,15-16,20H,6-12H2,(H,21,24)/t15-,16-/m1/s1. The van der Waals surface area contributed by atoms with E-state index in [9.17, 15) is 4.79 Å². The number of nitrogens with one attached hydrogen (secondary N) is 2. The Morgan fingerprint density at radius 1 is 1.24 bits per heavy atom. The van der Waals surface area contributed by atoms with E-state index in [0.29, 0.717) is 24.2 Å². The quantitative estimate of drug-likeness (QED) is 0.806. The van der Waals surface area contributed by atoms with E-state index in [4.69, 9.17) is 4.52 Å². The van der Waals surface area contributed by atoms with E-state index in [0.717, 1.165) is 24.6 Å². The molecule has 2 atom stereocenters. The van der Waals surface area contributed by atoms with Crippen LogP contribution < -0.4 is 10.6 Å². The molecule has 1 saturated heterocycles. The molecule has 6 nitrogen and oxygen atoms in total. The van der Waals surface area contributed by atoms with Gasteiger partial charge < -0.3 is 15.2 Å². The Labute approximate surface area is 147 Å². The molecule has 0 radical (unpaired) electrons. The minimum Gasteiger partial charge on any atom is -0.352 e. The number of carbonyl (C=O) groups is 1. The van der Waals surface area contributed by atoms with Crippen LogP contribution in [0, 0.1) is 11.8 Å². The number of aromatic nitrogens is 2. The Bertz CT molecular complexity index is 711. The molecule has 1 saturated carbocycles. The van der Waals surface area contributed by atoms with Crippen LogP contribution in [0.4, 0.5) is 0 Å². The van der Waals surface area contributed by atoms with Crippen molar-refractivity contribution in [3.8, 4) is 0 Å². The number of amides is 1. The lowest BCUT2D eigenvalue weighted by atomic mass is 9.91. The monoisotopic (exact) mass is 340 g/mol. The first-order chi connectivity index (χ1) is 12.3. The molecule has 2 aromatic rings. The van der Waals surface area contributed by atoms with Gasteiger partial charge in [-0.05, 0) is 30.4 Å². The van der Waals surface area contributed by atoms with Crippen LogP contribution in [0.1, 0.15) is 42.5 Å². The van der Waals surface area contributed by atoms with Gasteiger partial charge in [-0.3, -0.25) is 4.79 Å². The van der Waals surface area contributed by atoms with Gasteiger partial charge in [0, 0.05) is 13.1 Å². The molecule has 132 valence electrons. The van der Waals surface area contributed by atoms with E-state index in [-0.39, 0.29) is 18.2 Å². The van der Waals surface area contributed by atoms with Crippen LogP contribution in [0.5, 0.6) is 0 Å². The van der Waals surface area contributed by atoms with Crippen molar-refractivity contribution in [3.05, 3.63) is 47.6 Å². The molecule has 6 heteroatoms. The van der Waals surface area contributed by atoms with Gasteiger partial charge in [0.1, 0.15) is 0 Å². The van der Waals surface area contributed by atoms with Gasteiger partial charge in [0.05, 0.1) is 12.3 Å². The van der Waals surface area contributed by atoms with Crippen molar-refractivity contribution >= 4 is 5.91 Å². The molecule has 2 N–H and O–H groups in total. The summed E-state index contributed by atoms with van der Waals surface area (Å²) in [7, 11) is 0. The molecule has 1 aliphatic carbocycles. The minimum atomic E-state index is -0.0877. The highest BCUT2D eigenvalue weighted by Gasteiger charge is 2.36. The maximum absolute atomic E-state index is 12.1. The van der Waals surface area contributed by atoms with Crippen molar-refractivity contribution in [2.24, 2.45) is 11.8 Å². The molecule has 1 aromatic heterocycles. The highest BCUT2D eigenvalue weighted by atomic mass is 16.5.